The molecule has 0 saturated heterocycles. The van der Waals surface area contributed by atoms with E-state index in [1.54, 1.807) is 0 Å². The van der Waals surface area contributed by atoms with E-state index in [4.69, 9.17) is 0 Å². The van der Waals surface area contributed by atoms with Crippen molar-refractivity contribution in [3.05, 3.63) is 181 Å². The molecule has 0 unspecified atom stereocenters. The first-order chi connectivity index (χ1) is 24.0. The van der Waals surface area contributed by atoms with Gasteiger partial charge in [-0.25, -0.2) is 0 Å². The monoisotopic (exact) mass is 622 g/mol. The third kappa shape index (κ3) is 4.24. The minimum absolute atomic E-state index is 0.0858. The number of rotatable bonds is 3. The molecule has 10 rings (SSSR count). The maximum atomic E-state index is 2.45. The summed E-state index contributed by atoms with van der Waals surface area (Å²) >= 11 is 0. The summed E-state index contributed by atoms with van der Waals surface area (Å²) in [4.78, 5) is 0. The molecule has 0 fully saturated rings. The smallest absolute Gasteiger partial charge is 0.0159 e. The molecular formula is C49H34. The Labute approximate surface area is 286 Å². The quantitative estimate of drug-likeness (QED) is 0.136. The van der Waals surface area contributed by atoms with E-state index >= 15 is 0 Å². The Morgan fingerprint density at radius 1 is 0.306 bits per heavy atom. The zero-order valence-electron chi connectivity index (χ0n) is 27.7. The second-order valence-corrected chi connectivity index (χ2v) is 14.1. The maximum absolute atomic E-state index is 2.45. The van der Waals surface area contributed by atoms with Crippen LogP contribution in [0.25, 0.3) is 87.6 Å². The van der Waals surface area contributed by atoms with E-state index in [-0.39, 0.29) is 5.41 Å². The number of benzene rings is 9. The lowest BCUT2D eigenvalue weighted by atomic mass is 9.80. The average Bonchev–Trinajstić information content (AvgIpc) is 3.37. The molecule has 9 aromatic rings. The van der Waals surface area contributed by atoms with E-state index in [2.05, 4.69) is 184 Å². The Morgan fingerprint density at radius 3 is 1.71 bits per heavy atom. The summed E-state index contributed by atoms with van der Waals surface area (Å²) in [5.41, 5.74) is 12.9. The zero-order chi connectivity index (χ0) is 32.7. The summed E-state index contributed by atoms with van der Waals surface area (Å²) in [6.45, 7) is 4.76. The van der Waals surface area contributed by atoms with Gasteiger partial charge in [-0.15, -0.1) is 0 Å². The molecule has 9 aromatic carbocycles. The molecule has 49 heavy (non-hydrogen) atoms. The van der Waals surface area contributed by atoms with Gasteiger partial charge in [0.1, 0.15) is 0 Å². The molecule has 0 saturated carbocycles. The van der Waals surface area contributed by atoms with Crippen LogP contribution in [0.1, 0.15) is 25.0 Å². The van der Waals surface area contributed by atoms with E-state index in [9.17, 15) is 0 Å². The van der Waals surface area contributed by atoms with Crippen molar-refractivity contribution in [3.63, 3.8) is 0 Å². The van der Waals surface area contributed by atoms with Crippen molar-refractivity contribution in [3.8, 4) is 44.5 Å². The summed E-state index contributed by atoms with van der Waals surface area (Å²) in [7, 11) is 0. The number of hydrogen-bond donors (Lipinski definition) is 0. The molecule has 1 aliphatic rings. The van der Waals surface area contributed by atoms with Crippen molar-refractivity contribution < 1.29 is 0 Å². The van der Waals surface area contributed by atoms with Crippen LogP contribution in [0.5, 0.6) is 0 Å². The van der Waals surface area contributed by atoms with Crippen LogP contribution in [0.4, 0.5) is 0 Å². The van der Waals surface area contributed by atoms with E-state index < -0.39 is 0 Å². The van der Waals surface area contributed by atoms with Gasteiger partial charge in [0.05, 0.1) is 0 Å². The first-order valence-electron chi connectivity index (χ1n) is 17.3. The topological polar surface area (TPSA) is 0 Å². The predicted molar refractivity (Wildman–Crippen MR) is 210 cm³/mol. The van der Waals surface area contributed by atoms with Gasteiger partial charge in [0.25, 0.3) is 0 Å². The molecule has 0 N–H and O–H groups in total. The molecule has 0 heterocycles. The van der Waals surface area contributed by atoms with Crippen LogP contribution < -0.4 is 0 Å². The largest absolute Gasteiger partial charge is 0.0622 e. The Balaban J connectivity index is 1.20. The molecule has 230 valence electrons. The van der Waals surface area contributed by atoms with E-state index in [0.717, 1.165) is 0 Å². The molecule has 0 heteroatoms. The molecule has 0 bridgehead atoms. The minimum Gasteiger partial charge on any atom is -0.0622 e. The summed E-state index contributed by atoms with van der Waals surface area (Å²) in [5.74, 6) is 0. The molecule has 0 aromatic heterocycles. The van der Waals surface area contributed by atoms with Crippen molar-refractivity contribution in [1.82, 2.24) is 0 Å². The van der Waals surface area contributed by atoms with Gasteiger partial charge in [-0.3, -0.25) is 0 Å². The molecule has 0 atom stereocenters. The SMILES string of the molecule is CC1(C)c2cc(-c3ccc(-c4c5ccccc5cc5c4ccc4ccccc45)c(-c4ccccc4)c3)ccc2-c2cc3ccccc3cc21. The van der Waals surface area contributed by atoms with Crippen molar-refractivity contribution in [2.24, 2.45) is 0 Å². The highest BCUT2D eigenvalue weighted by Crippen LogP contribution is 2.51. The fourth-order valence-corrected chi connectivity index (χ4v) is 8.51. The molecule has 0 amide bonds. The van der Waals surface area contributed by atoms with Gasteiger partial charge in [-0.1, -0.05) is 153 Å². The molecule has 0 aliphatic heterocycles. The molecule has 0 nitrogen and oxygen atoms in total. The van der Waals surface area contributed by atoms with Crippen LogP contribution in [0.15, 0.2) is 170 Å². The Kier molecular flexibility index (Phi) is 6.02. The number of hydrogen-bond acceptors (Lipinski definition) is 0. The van der Waals surface area contributed by atoms with Crippen LogP contribution in [-0.4, -0.2) is 0 Å². The minimum atomic E-state index is -0.0858. The zero-order valence-corrected chi connectivity index (χ0v) is 27.7. The van der Waals surface area contributed by atoms with Gasteiger partial charge in [0, 0.05) is 5.41 Å². The Bertz CT molecular complexity index is 2780. The second-order valence-electron chi connectivity index (χ2n) is 14.1. The summed E-state index contributed by atoms with van der Waals surface area (Å²) in [5, 5.41) is 10.3. The number of fused-ring (bicyclic) bond motifs is 8. The predicted octanol–water partition coefficient (Wildman–Crippen LogP) is 13.6. The fourth-order valence-electron chi connectivity index (χ4n) is 8.51. The highest BCUT2D eigenvalue weighted by Gasteiger charge is 2.36. The highest BCUT2D eigenvalue weighted by atomic mass is 14.4. The summed E-state index contributed by atoms with van der Waals surface area (Å²) in [6, 6.07) is 63.3. The molecular weight excluding hydrogens is 589 g/mol. The lowest BCUT2D eigenvalue weighted by molar-refractivity contribution is 0.661. The maximum Gasteiger partial charge on any atom is 0.0159 e. The Morgan fingerprint density at radius 2 is 0.918 bits per heavy atom. The first kappa shape index (κ1) is 28.1. The van der Waals surface area contributed by atoms with Crippen molar-refractivity contribution >= 4 is 43.1 Å². The third-order valence-electron chi connectivity index (χ3n) is 11.0. The fraction of sp³-hybridized carbons (Fsp3) is 0.0612. The van der Waals surface area contributed by atoms with Crippen molar-refractivity contribution in [2.45, 2.75) is 19.3 Å². The van der Waals surface area contributed by atoms with E-state index in [0.29, 0.717) is 0 Å². The van der Waals surface area contributed by atoms with E-state index in [1.165, 1.54) is 98.7 Å². The first-order valence-corrected chi connectivity index (χ1v) is 17.3. The van der Waals surface area contributed by atoms with Crippen molar-refractivity contribution in [2.75, 3.05) is 0 Å². The standard InChI is InChI=1S/C49H34/c1-49(2)46-30-36(21-23-40(46)45-27-33-15-6-7-16-34(33)29-47(45)49)35-22-25-41(43(26-35)31-12-4-3-5-13-31)48-39-19-11-9-17-37(39)28-44-38-18-10-8-14-32(38)20-24-42(44)48/h3-30H,1-2H3. The van der Waals surface area contributed by atoms with Crippen LogP contribution in [0.3, 0.4) is 0 Å². The normalized spacial score (nSPS) is 13.3. The van der Waals surface area contributed by atoms with E-state index in [1.807, 2.05) is 0 Å². The van der Waals surface area contributed by atoms with Crippen LogP contribution in [0.2, 0.25) is 0 Å². The highest BCUT2D eigenvalue weighted by molar-refractivity contribution is 6.21. The third-order valence-corrected chi connectivity index (χ3v) is 11.0. The lowest BCUT2D eigenvalue weighted by Crippen LogP contribution is -2.15. The molecule has 0 radical (unpaired) electrons. The van der Waals surface area contributed by atoms with Gasteiger partial charge < -0.3 is 0 Å². The second kappa shape index (κ2) is 10.5. The van der Waals surface area contributed by atoms with Crippen LogP contribution in [0, 0.1) is 0 Å². The van der Waals surface area contributed by atoms with Crippen molar-refractivity contribution in [1.29, 1.82) is 0 Å². The lowest BCUT2D eigenvalue weighted by Gasteiger charge is -2.22. The van der Waals surface area contributed by atoms with Crippen LogP contribution in [-0.2, 0) is 5.41 Å². The average molecular weight is 623 g/mol. The van der Waals surface area contributed by atoms with Gasteiger partial charge in [-0.05, 0) is 129 Å². The van der Waals surface area contributed by atoms with Crippen LogP contribution >= 0.6 is 0 Å². The Hall–Kier alpha value is -5.98. The van der Waals surface area contributed by atoms with Gasteiger partial charge in [0.2, 0.25) is 0 Å². The summed E-state index contributed by atoms with van der Waals surface area (Å²) < 4.78 is 0. The molecule has 0 spiro atoms. The molecule has 1 aliphatic carbocycles. The summed E-state index contributed by atoms with van der Waals surface area (Å²) in [6.07, 6.45) is 0. The van der Waals surface area contributed by atoms with Gasteiger partial charge in [-0.2, -0.15) is 0 Å². The van der Waals surface area contributed by atoms with Gasteiger partial charge in [0.15, 0.2) is 0 Å². The van der Waals surface area contributed by atoms with Gasteiger partial charge >= 0.3 is 0 Å².